The SMILES string of the molecule is C=C(COCC)C(=O)OCC(C)C. The van der Waals surface area contributed by atoms with Crippen molar-refractivity contribution >= 4 is 5.97 Å². The van der Waals surface area contributed by atoms with Gasteiger partial charge < -0.3 is 9.47 Å². The van der Waals surface area contributed by atoms with Crippen molar-refractivity contribution in [3.63, 3.8) is 0 Å². The van der Waals surface area contributed by atoms with E-state index in [1.54, 1.807) is 0 Å². The van der Waals surface area contributed by atoms with Crippen molar-refractivity contribution in [3.05, 3.63) is 12.2 Å². The smallest absolute Gasteiger partial charge is 0.335 e. The van der Waals surface area contributed by atoms with Crippen LogP contribution in [0.2, 0.25) is 0 Å². The number of carbonyl (C=O) groups is 1. The van der Waals surface area contributed by atoms with Crippen LogP contribution in [0.1, 0.15) is 20.8 Å². The molecule has 13 heavy (non-hydrogen) atoms. The fourth-order valence-electron chi connectivity index (χ4n) is 0.629. The zero-order chi connectivity index (χ0) is 10.3. The molecule has 0 amide bonds. The predicted octanol–water partition coefficient (Wildman–Crippen LogP) is 1.78. The molecular formula is C10H18O3. The fourth-order valence-corrected chi connectivity index (χ4v) is 0.629. The first-order valence-electron chi connectivity index (χ1n) is 4.50. The van der Waals surface area contributed by atoms with Gasteiger partial charge in [-0.05, 0) is 12.8 Å². The van der Waals surface area contributed by atoms with Crippen LogP contribution in [0, 0.1) is 5.92 Å². The molecule has 3 nitrogen and oxygen atoms in total. The molecule has 0 bridgehead atoms. The van der Waals surface area contributed by atoms with Crippen LogP contribution in [-0.4, -0.2) is 25.8 Å². The van der Waals surface area contributed by atoms with E-state index in [1.807, 2.05) is 20.8 Å². The highest BCUT2D eigenvalue weighted by atomic mass is 16.5. The van der Waals surface area contributed by atoms with Crippen LogP contribution < -0.4 is 0 Å². The van der Waals surface area contributed by atoms with Gasteiger partial charge in [-0.15, -0.1) is 0 Å². The van der Waals surface area contributed by atoms with Crippen molar-refractivity contribution in [2.45, 2.75) is 20.8 Å². The topological polar surface area (TPSA) is 35.5 Å². The van der Waals surface area contributed by atoms with Crippen LogP contribution in [0.15, 0.2) is 12.2 Å². The lowest BCUT2D eigenvalue weighted by atomic mass is 10.2. The second-order valence-electron chi connectivity index (χ2n) is 3.23. The van der Waals surface area contributed by atoms with Crippen molar-refractivity contribution in [1.82, 2.24) is 0 Å². The van der Waals surface area contributed by atoms with Gasteiger partial charge in [-0.25, -0.2) is 4.79 Å². The molecule has 0 aliphatic carbocycles. The molecule has 0 atom stereocenters. The van der Waals surface area contributed by atoms with Gasteiger partial charge >= 0.3 is 5.97 Å². The highest BCUT2D eigenvalue weighted by molar-refractivity contribution is 5.87. The van der Waals surface area contributed by atoms with Crippen LogP contribution in [-0.2, 0) is 14.3 Å². The van der Waals surface area contributed by atoms with E-state index < -0.39 is 0 Å². The van der Waals surface area contributed by atoms with Crippen molar-refractivity contribution in [2.24, 2.45) is 5.92 Å². The Hall–Kier alpha value is -0.830. The van der Waals surface area contributed by atoms with Gasteiger partial charge in [-0.1, -0.05) is 20.4 Å². The lowest BCUT2D eigenvalue weighted by molar-refractivity contribution is -0.140. The molecule has 0 aromatic heterocycles. The minimum absolute atomic E-state index is 0.257. The van der Waals surface area contributed by atoms with Gasteiger partial charge in [0.05, 0.1) is 18.8 Å². The van der Waals surface area contributed by atoms with E-state index in [9.17, 15) is 4.79 Å². The van der Waals surface area contributed by atoms with E-state index in [4.69, 9.17) is 9.47 Å². The van der Waals surface area contributed by atoms with Crippen LogP contribution in [0.5, 0.6) is 0 Å². The number of rotatable bonds is 6. The molecule has 0 heterocycles. The average Bonchev–Trinajstić information content (AvgIpc) is 2.10. The largest absolute Gasteiger partial charge is 0.462 e. The van der Waals surface area contributed by atoms with E-state index in [2.05, 4.69) is 6.58 Å². The van der Waals surface area contributed by atoms with Gasteiger partial charge in [0.25, 0.3) is 0 Å². The van der Waals surface area contributed by atoms with Crippen molar-refractivity contribution in [3.8, 4) is 0 Å². The number of hydrogen-bond donors (Lipinski definition) is 0. The number of hydrogen-bond acceptors (Lipinski definition) is 3. The Kier molecular flexibility index (Phi) is 6.24. The molecule has 0 fully saturated rings. The van der Waals surface area contributed by atoms with E-state index in [-0.39, 0.29) is 12.6 Å². The van der Waals surface area contributed by atoms with Gasteiger partial charge in [0, 0.05) is 6.61 Å². The van der Waals surface area contributed by atoms with Crippen LogP contribution in [0.3, 0.4) is 0 Å². The molecule has 0 rings (SSSR count). The number of ether oxygens (including phenoxy) is 2. The molecule has 0 spiro atoms. The Morgan fingerprint density at radius 1 is 1.46 bits per heavy atom. The molecule has 0 aromatic carbocycles. The Bertz CT molecular complexity index is 173. The molecule has 0 radical (unpaired) electrons. The number of esters is 1. The molecule has 0 aliphatic heterocycles. The van der Waals surface area contributed by atoms with E-state index in [0.717, 1.165) is 0 Å². The summed E-state index contributed by atoms with van der Waals surface area (Å²) in [6.45, 7) is 10.7. The minimum atomic E-state index is -0.359. The van der Waals surface area contributed by atoms with Crippen LogP contribution in [0.25, 0.3) is 0 Å². The number of carbonyl (C=O) groups excluding carboxylic acids is 1. The summed E-state index contributed by atoms with van der Waals surface area (Å²) in [6.07, 6.45) is 0. The van der Waals surface area contributed by atoms with Gasteiger partial charge in [-0.3, -0.25) is 0 Å². The van der Waals surface area contributed by atoms with Gasteiger partial charge in [0.2, 0.25) is 0 Å². The molecule has 0 aromatic rings. The Balaban J connectivity index is 3.64. The summed E-state index contributed by atoms with van der Waals surface area (Å²) in [4.78, 5) is 11.2. The summed E-state index contributed by atoms with van der Waals surface area (Å²) in [6, 6.07) is 0. The summed E-state index contributed by atoms with van der Waals surface area (Å²) >= 11 is 0. The monoisotopic (exact) mass is 186 g/mol. The molecule has 0 unspecified atom stereocenters. The van der Waals surface area contributed by atoms with Crippen LogP contribution >= 0.6 is 0 Å². The summed E-state index contributed by atoms with van der Waals surface area (Å²) in [5, 5.41) is 0. The third kappa shape index (κ3) is 6.34. The lowest BCUT2D eigenvalue weighted by Crippen LogP contribution is -2.14. The summed E-state index contributed by atoms with van der Waals surface area (Å²) in [5.74, 6) is -0.00834. The zero-order valence-corrected chi connectivity index (χ0v) is 8.63. The predicted molar refractivity (Wildman–Crippen MR) is 51.4 cm³/mol. The lowest BCUT2D eigenvalue weighted by Gasteiger charge is -2.08. The summed E-state index contributed by atoms with van der Waals surface area (Å²) in [7, 11) is 0. The standard InChI is InChI=1S/C10H18O3/c1-5-12-7-9(4)10(11)13-6-8(2)3/h8H,4-7H2,1-3H3. The second-order valence-corrected chi connectivity index (χ2v) is 3.23. The average molecular weight is 186 g/mol. The maximum absolute atomic E-state index is 11.2. The fraction of sp³-hybridized carbons (Fsp3) is 0.700. The van der Waals surface area contributed by atoms with Gasteiger partial charge in [-0.2, -0.15) is 0 Å². The maximum atomic E-state index is 11.2. The normalized spacial score (nSPS) is 10.2. The quantitative estimate of drug-likeness (QED) is 0.468. The molecule has 3 heteroatoms. The van der Waals surface area contributed by atoms with E-state index >= 15 is 0 Å². The summed E-state index contributed by atoms with van der Waals surface area (Å²) < 4.78 is 9.97. The van der Waals surface area contributed by atoms with Gasteiger partial charge in [0.1, 0.15) is 0 Å². The first-order chi connectivity index (χ1) is 6.07. The molecule has 0 saturated heterocycles. The molecule has 0 aliphatic rings. The third-order valence-electron chi connectivity index (χ3n) is 1.32. The summed E-state index contributed by atoms with van der Waals surface area (Å²) in [5.41, 5.74) is 0.377. The third-order valence-corrected chi connectivity index (χ3v) is 1.32. The Morgan fingerprint density at radius 2 is 2.08 bits per heavy atom. The van der Waals surface area contributed by atoms with Crippen molar-refractivity contribution in [1.29, 1.82) is 0 Å². The molecule has 76 valence electrons. The Morgan fingerprint density at radius 3 is 2.54 bits per heavy atom. The first-order valence-corrected chi connectivity index (χ1v) is 4.50. The highest BCUT2D eigenvalue weighted by Gasteiger charge is 2.08. The van der Waals surface area contributed by atoms with Crippen molar-refractivity contribution in [2.75, 3.05) is 19.8 Å². The molecule has 0 N–H and O–H groups in total. The van der Waals surface area contributed by atoms with Crippen molar-refractivity contribution < 1.29 is 14.3 Å². The van der Waals surface area contributed by atoms with E-state index in [1.165, 1.54) is 0 Å². The van der Waals surface area contributed by atoms with Crippen LogP contribution in [0.4, 0.5) is 0 Å². The first kappa shape index (κ1) is 12.2. The molecular weight excluding hydrogens is 168 g/mol. The Labute approximate surface area is 79.7 Å². The molecule has 0 saturated carbocycles. The van der Waals surface area contributed by atoms with E-state index in [0.29, 0.717) is 24.7 Å². The van der Waals surface area contributed by atoms with Gasteiger partial charge in [0.15, 0.2) is 0 Å². The zero-order valence-electron chi connectivity index (χ0n) is 8.63. The maximum Gasteiger partial charge on any atom is 0.335 e. The second kappa shape index (κ2) is 6.66. The minimum Gasteiger partial charge on any atom is -0.462 e. The highest BCUT2D eigenvalue weighted by Crippen LogP contribution is 1.99.